The van der Waals surface area contributed by atoms with Crippen LogP contribution in [-0.4, -0.2) is 6.54 Å². The molecule has 0 saturated heterocycles. The monoisotopic (exact) mass is 303 g/mol. The molecule has 0 aliphatic carbocycles. The van der Waals surface area contributed by atoms with Crippen molar-refractivity contribution in [2.75, 3.05) is 6.54 Å². The number of hydrogen-bond acceptors (Lipinski definition) is 2. The molecule has 2 nitrogen and oxygen atoms in total. The smallest absolute Gasteiger partial charge is 0.124 e. The van der Waals surface area contributed by atoms with Crippen LogP contribution in [0.4, 0.5) is 0 Å². The molecule has 0 spiro atoms. The molecule has 0 aliphatic rings. The molecule has 3 rings (SSSR count). The first kappa shape index (κ1) is 15.3. The molecule has 0 aliphatic heterocycles. The Kier molecular flexibility index (Phi) is 5.07. The summed E-state index contributed by atoms with van der Waals surface area (Å²) in [6.07, 6.45) is 1.87. The zero-order valence-corrected chi connectivity index (χ0v) is 13.2. The zero-order chi connectivity index (χ0) is 15.9. The van der Waals surface area contributed by atoms with Gasteiger partial charge >= 0.3 is 0 Å². The number of hydrogen-bond donors (Lipinski definition) is 1. The normalized spacial score (nSPS) is 10.6. The summed E-state index contributed by atoms with van der Waals surface area (Å²) in [5.74, 6) is 0.934. The van der Waals surface area contributed by atoms with E-state index in [-0.39, 0.29) is 0 Å². The van der Waals surface area contributed by atoms with E-state index in [1.165, 1.54) is 21.9 Å². The van der Waals surface area contributed by atoms with E-state index in [2.05, 4.69) is 60.4 Å². The minimum atomic E-state index is 0.577. The van der Waals surface area contributed by atoms with Crippen LogP contribution in [0.25, 0.3) is 10.8 Å². The zero-order valence-electron chi connectivity index (χ0n) is 13.2. The third kappa shape index (κ3) is 3.79. The van der Waals surface area contributed by atoms with Crippen molar-refractivity contribution in [2.45, 2.75) is 13.2 Å². The molecular formula is C21H21NO. The molecule has 0 heterocycles. The van der Waals surface area contributed by atoms with Crippen LogP contribution in [-0.2, 0) is 13.2 Å². The number of nitrogens with one attached hydrogen (secondary N) is 1. The van der Waals surface area contributed by atoms with E-state index in [4.69, 9.17) is 4.74 Å². The Morgan fingerprint density at radius 1 is 0.913 bits per heavy atom. The van der Waals surface area contributed by atoms with Crippen molar-refractivity contribution in [2.24, 2.45) is 0 Å². The summed E-state index contributed by atoms with van der Waals surface area (Å²) >= 11 is 0. The quantitative estimate of drug-likeness (QED) is 0.505. The molecule has 0 radical (unpaired) electrons. The molecule has 3 aromatic rings. The fourth-order valence-electron chi connectivity index (χ4n) is 2.67. The molecule has 116 valence electrons. The minimum absolute atomic E-state index is 0.577. The molecule has 0 unspecified atom stereocenters. The lowest BCUT2D eigenvalue weighted by Gasteiger charge is -2.15. The van der Waals surface area contributed by atoms with Crippen molar-refractivity contribution in [3.05, 3.63) is 90.5 Å². The van der Waals surface area contributed by atoms with Crippen LogP contribution in [0.15, 0.2) is 79.4 Å². The highest BCUT2D eigenvalue weighted by Gasteiger charge is 2.08. The Balaban J connectivity index is 1.88. The van der Waals surface area contributed by atoms with E-state index in [1.54, 1.807) is 0 Å². The maximum atomic E-state index is 6.10. The largest absolute Gasteiger partial charge is 0.489 e. The Hall–Kier alpha value is -2.58. The molecule has 0 saturated carbocycles. The van der Waals surface area contributed by atoms with Gasteiger partial charge in [0.15, 0.2) is 0 Å². The van der Waals surface area contributed by atoms with Gasteiger partial charge in [-0.2, -0.15) is 0 Å². The van der Waals surface area contributed by atoms with Gasteiger partial charge < -0.3 is 10.1 Å². The topological polar surface area (TPSA) is 21.3 Å². The summed E-state index contributed by atoms with van der Waals surface area (Å²) in [5.41, 5.74) is 2.37. The van der Waals surface area contributed by atoms with E-state index in [0.717, 1.165) is 18.8 Å². The van der Waals surface area contributed by atoms with Crippen LogP contribution in [0, 0.1) is 0 Å². The van der Waals surface area contributed by atoms with Crippen molar-refractivity contribution in [3.8, 4) is 5.75 Å². The Labute approximate surface area is 137 Å². The van der Waals surface area contributed by atoms with Crippen molar-refractivity contribution in [1.82, 2.24) is 5.32 Å². The Morgan fingerprint density at radius 3 is 2.52 bits per heavy atom. The highest BCUT2D eigenvalue weighted by Crippen LogP contribution is 2.28. The predicted octanol–water partition coefficient (Wildman–Crippen LogP) is 4.69. The average Bonchev–Trinajstić information content (AvgIpc) is 2.62. The van der Waals surface area contributed by atoms with Crippen molar-refractivity contribution in [1.29, 1.82) is 0 Å². The molecule has 3 aromatic carbocycles. The maximum Gasteiger partial charge on any atom is 0.124 e. The molecule has 1 N–H and O–H groups in total. The molecule has 0 fully saturated rings. The third-order valence-corrected chi connectivity index (χ3v) is 3.83. The summed E-state index contributed by atoms with van der Waals surface area (Å²) in [6.45, 7) is 5.88. The average molecular weight is 303 g/mol. The minimum Gasteiger partial charge on any atom is -0.489 e. The standard InChI is InChI=1S/C21H21NO/c1-2-14-22-15-20-19-11-7-6-10-18(19)12-13-21(20)23-16-17-8-4-3-5-9-17/h2-13,22H,1,14-16H2. The SMILES string of the molecule is C=CCNCc1c(OCc2ccccc2)ccc2ccccc12. The van der Waals surface area contributed by atoms with Gasteiger partial charge in [-0.1, -0.05) is 66.7 Å². The van der Waals surface area contributed by atoms with Crippen molar-refractivity contribution in [3.63, 3.8) is 0 Å². The van der Waals surface area contributed by atoms with E-state index in [1.807, 2.05) is 24.3 Å². The lowest BCUT2D eigenvalue weighted by Crippen LogP contribution is -2.14. The summed E-state index contributed by atoms with van der Waals surface area (Å²) < 4.78 is 6.10. The molecule has 0 amide bonds. The number of benzene rings is 3. The van der Waals surface area contributed by atoms with Gasteiger partial charge in [0.1, 0.15) is 12.4 Å². The maximum absolute atomic E-state index is 6.10. The van der Waals surface area contributed by atoms with Gasteiger partial charge in [0, 0.05) is 18.7 Å². The predicted molar refractivity (Wildman–Crippen MR) is 96.6 cm³/mol. The van der Waals surface area contributed by atoms with E-state index >= 15 is 0 Å². The second-order valence-electron chi connectivity index (χ2n) is 5.46. The lowest BCUT2D eigenvalue weighted by atomic mass is 10.0. The first-order valence-corrected chi connectivity index (χ1v) is 7.87. The fraction of sp³-hybridized carbons (Fsp3) is 0.143. The highest BCUT2D eigenvalue weighted by atomic mass is 16.5. The van der Waals surface area contributed by atoms with Crippen molar-refractivity contribution < 1.29 is 4.74 Å². The van der Waals surface area contributed by atoms with E-state index < -0.39 is 0 Å². The van der Waals surface area contributed by atoms with E-state index in [9.17, 15) is 0 Å². The first-order chi connectivity index (χ1) is 11.4. The second-order valence-corrected chi connectivity index (χ2v) is 5.46. The van der Waals surface area contributed by atoms with Gasteiger partial charge in [-0.3, -0.25) is 0 Å². The summed E-state index contributed by atoms with van der Waals surface area (Å²) in [4.78, 5) is 0. The first-order valence-electron chi connectivity index (χ1n) is 7.87. The Morgan fingerprint density at radius 2 is 1.70 bits per heavy atom. The number of rotatable bonds is 7. The van der Waals surface area contributed by atoms with Crippen molar-refractivity contribution >= 4 is 10.8 Å². The van der Waals surface area contributed by atoms with Crippen LogP contribution in [0.5, 0.6) is 5.75 Å². The van der Waals surface area contributed by atoms with Gasteiger partial charge in [0.05, 0.1) is 0 Å². The molecule has 0 atom stereocenters. The van der Waals surface area contributed by atoms with Gasteiger partial charge in [0.2, 0.25) is 0 Å². The molecular weight excluding hydrogens is 282 g/mol. The molecule has 0 aromatic heterocycles. The van der Waals surface area contributed by atoms with Crippen LogP contribution in [0.3, 0.4) is 0 Å². The second kappa shape index (κ2) is 7.61. The fourth-order valence-corrected chi connectivity index (χ4v) is 2.67. The Bertz CT molecular complexity index is 780. The molecule has 23 heavy (non-hydrogen) atoms. The van der Waals surface area contributed by atoms with Crippen LogP contribution < -0.4 is 10.1 Å². The lowest BCUT2D eigenvalue weighted by molar-refractivity contribution is 0.303. The van der Waals surface area contributed by atoms with Gasteiger partial charge in [-0.25, -0.2) is 0 Å². The highest BCUT2D eigenvalue weighted by molar-refractivity contribution is 5.87. The van der Waals surface area contributed by atoms with Gasteiger partial charge in [0.25, 0.3) is 0 Å². The van der Waals surface area contributed by atoms with Crippen LogP contribution >= 0.6 is 0 Å². The number of ether oxygens (including phenoxy) is 1. The van der Waals surface area contributed by atoms with E-state index in [0.29, 0.717) is 6.61 Å². The molecule has 0 bridgehead atoms. The number of fused-ring (bicyclic) bond motifs is 1. The third-order valence-electron chi connectivity index (χ3n) is 3.83. The summed E-state index contributed by atoms with van der Waals surface area (Å²) in [7, 11) is 0. The summed E-state index contributed by atoms with van der Waals surface area (Å²) in [6, 6.07) is 22.8. The summed E-state index contributed by atoms with van der Waals surface area (Å²) in [5, 5.41) is 5.85. The van der Waals surface area contributed by atoms with Crippen LogP contribution in [0.1, 0.15) is 11.1 Å². The molecule has 2 heteroatoms. The van der Waals surface area contributed by atoms with Crippen LogP contribution in [0.2, 0.25) is 0 Å². The van der Waals surface area contributed by atoms with Gasteiger partial charge in [-0.05, 0) is 22.4 Å². The van der Waals surface area contributed by atoms with Gasteiger partial charge in [-0.15, -0.1) is 6.58 Å².